The average molecular weight is 291 g/mol. The fourth-order valence-corrected chi connectivity index (χ4v) is 2.08. The summed E-state index contributed by atoms with van der Waals surface area (Å²) in [6.07, 6.45) is 5.18. The van der Waals surface area contributed by atoms with Crippen LogP contribution in [0, 0.1) is 0 Å². The molecule has 0 aromatic heterocycles. The minimum absolute atomic E-state index is 0.0121. The number of nitrogens with one attached hydrogen (secondary N) is 1. The second-order valence-electron chi connectivity index (χ2n) is 5.13. The molecule has 0 aliphatic rings. The van der Waals surface area contributed by atoms with Crippen molar-refractivity contribution < 1.29 is 14.7 Å². The van der Waals surface area contributed by atoms with Gasteiger partial charge in [-0.3, -0.25) is 9.59 Å². The Kier molecular flexibility index (Phi) is 9.13. The van der Waals surface area contributed by atoms with Gasteiger partial charge in [-0.05, 0) is 19.3 Å². The molecule has 2 N–H and O–H groups in total. The van der Waals surface area contributed by atoms with E-state index in [0.717, 1.165) is 25.7 Å². The number of aliphatic hydroxyl groups excluding tert-OH is 1. The molecule has 1 amide bonds. The Morgan fingerprint density at radius 3 is 2.33 bits per heavy atom. The molecule has 0 aliphatic heterocycles. The zero-order valence-electron chi connectivity index (χ0n) is 12.5. The summed E-state index contributed by atoms with van der Waals surface area (Å²) in [5, 5.41) is 11.5. The van der Waals surface area contributed by atoms with Crippen LogP contribution in [-0.4, -0.2) is 29.9 Å². The minimum Gasteiger partial charge on any atom is -0.396 e. The van der Waals surface area contributed by atoms with Crippen LogP contribution in [0.2, 0.25) is 0 Å². The van der Waals surface area contributed by atoms with Gasteiger partial charge in [0.2, 0.25) is 5.91 Å². The van der Waals surface area contributed by atoms with Gasteiger partial charge in [0.25, 0.3) is 0 Å². The van der Waals surface area contributed by atoms with E-state index in [1.165, 1.54) is 0 Å². The van der Waals surface area contributed by atoms with Crippen molar-refractivity contribution in [3.8, 4) is 0 Å². The Labute approximate surface area is 126 Å². The van der Waals surface area contributed by atoms with E-state index >= 15 is 0 Å². The van der Waals surface area contributed by atoms with Crippen LogP contribution in [0.4, 0.5) is 0 Å². The molecule has 0 atom stereocenters. The van der Waals surface area contributed by atoms with Gasteiger partial charge in [0.05, 0.1) is 0 Å². The van der Waals surface area contributed by atoms with Crippen molar-refractivity contribution in [2.24, 2.45) is 0 Å². The molecule has 21 heavy (non-hydrogen) atoms. The third-order valence-corrected chi connectivity index (χ3v) is 3.31. The van der Waals surface area contributed by atoms with Gasteiger partial charge in [-0.25, -0.2) is 0 Å². The van der Waals surface area contributed by atoms with Gasteiger partial charge in [-0.15, -0.1) is 0 Å². The van der Waals surface area contributed by atoms with Crippen LogP contribution in [0.3, 0.4) is 0 Å². The van der Waals surface area contributed by atoms with Crippen LogP contribution in [0.5, 0.6) is 0 Å². The highest BCUT2D eigenvalue weighted by atomic mass is 16.2. The summed E-state index contributed by atoms with van der Waals surface area (Å²) in [6, 6.07) is 9.17. The number of amides is 1. The summed E-state index contributed by atoms with van der Waals surface area (Å²) in [6.45, 7) is 0.915. The van der Waals surface area contributed by atoms with Crippen LogP contribution in [0.15, 0.2) is 30.3 Å². The molecule has 0 saturated heterocycles. The minimum atomic E-state index is 0.0121. The van der Waals surface area contributed by atoms with E-state index in [1.807, 2.05) is 18.2 Å². The Bertz CT molecular complexity index is 417. The van der Waals surface area contributed by atoms with Crippen molar-refractivity contribution >= 4 is 11.7 Å². The quantitative estimate of drug-likeness (QED) is 0.486. The number of benzene rings is 1. The first kappa shape index (κ1) is 17.4. The smallest absolute Gasteiger partial charge is 0.220 e. The van der Waals surface area contributed by atoms with Crippen LogP contribution >= 0.6 is 0 Å². The molecule has 0 unspecified atom stereocenters. The summed E-state index contributed by atoms with van der Waals surface area (Å²) in [5.41, 5.74) is 0.710. The number of carbonyl (C=O) groups excluding carboxylic acids is 2. The van der Waals surface area contributed by atoms with E-state index in [2.05, 4.69) is 5.32 Å². The first-order valence-electron chi connectivity index (χ1n) is 7.70. The Morgan fingerprint density at radius 1 is 0.905 bits per heavy atom. The summed E-state index contributed by atoms with van der Waals surface area (Å²) in [7, 11) is 0. The first-order valence-corrected chi connectivity index (χ1v) is 7.70. The van der Waals surface area contributed by atoms with Crippen LogP contribution in [0.1, 0.15) is 55.3 Å². The molecule has 4 heteroatoms. The summed E-state index contributed by atoms with van der Waals surface area (Å²) in [4.78, 5) is 23.4. The monoisotopic (exact) mass is 291 g/mol. The molecule has 1 aromatic rings. The highest BCUT2D eigenvalue weighted by Gasteiger charge is 2.06. The highest BCUT2D eigenvalue weighted by molar-refractivity contribution is 5.96. The van der Waals surface area contributed by atoms with Gasteiger partial charge in [-0.1, -0.05) is 43.2 Å². The lowest BCUT2D eigenvalue weighted by atomic mass is 10.1. The molecule has 0 aliphatic carbocycles. The zero-order chi connectivity index (χ0) is 15.3. The fraction of sp³-hybridized carbons (Fsp3) is 0.529. The number of rotatable bonds is 11. The van der Waals surface area contributed by atoms with Crippen molar-refractivity contribution in [2.75, 3.05) is 13.2 Å². The second kappa shape index (κ2) is 11.0. The molecule has 1 aromatic carbocycles. The number of carbonyl (C=O) groups is 2. The van der Waals surface area contributed by atoms with Gasteiger partial charge in [0.15, 0.2) is 5.78 Å². The lowest BCUT2D eigenvalue weighted by Crippen LogP contribution is -2.24. The van der Waals surface area contributed by atoms with Crippen LogP contribution in [-0.2, 0) is 4.79 Å². The number of Topliss-reactive ketones (excluding diaryl/α,β-unsaturated/α-hetero) is 1. The SMILES string of the molecule is O=C(CCCC(=O)c1ccccc1)NCCCCCCO. The van der Waals surface area contributed by atoms with Gasteiger partial charge >= 0.3 is 0 Å². The van der Waals surface area contributed by atoms with E-state index in [0.29, 0.717) is 31.4 Å². The number of hydrogen-bond donors (Lipinski definition) is 2. The van der Waals surface area contributed by atoms with E-state index in [9.17, 15) is 9.59 Å². The maximum atomic E-state index is 11.8. The molecule has 0 heterocycles. The molecule has 116 valence electrons. The van der Waals surface area contributed by atoms with E-state index < -0.39 is 0 Å². The molecule has 4 nitrogen and oxygen atoms in total. The largest absolute Gasteiger partial charge is 0.396 e. The van der Waals surface area contributed by atoms with Crippen molar-refractivity contribution in [2.45, 2.75) is 44.9 Å². The predicted molar refractivity (Wildman–Crippen MR) is 83.2 cm³/mol. The third kappa shape index (κ3) is 8.25. The molecule has 0 spiro atoms. The summed E-state index contributed by atoms with van der Waals surface area (Å²) in [5.74, 6) is 0.102. The highest BCUT2D eigenvalue weighted by Crippen LogP contribution is 2.06. The van der Waals surface area contributed by atoms with Crippen molar-refractivity contribution in [1.82, 2.24) is 5.32 Å². The molecule has 0 saturated carbocycles. The van der Waals surface area contributed by atoms with Gasteiger partial charge < -0.3 is 10.4 Å². The summed E-state index contributed by atoms with van der Waals surface area (Å²) >= 11 is 0. The maximum Gasteiger partial charge on any atom is 0.220 e. The number of unbranched alkanes of at least 4 members (excludes halogenated alkanes) is 3. The van der Waals surface area contributed by atoms with Crippen molar-refractivity contribution in [3.05, 3.63) is 35.9 Å². The zero-order valence-corrected chi connectivity index (χ0v) is 12.5. The van der Waals surface area contributed by atoms with Gasteiger partial charge in [-0.2, -0.15) is 0 Å². The molecular formula is C17H25NO3. The lowest BCUT2D eigenvalue weighted by Gasteiger charge is -2.05. The fourth-order valence-electron chi connectivity index (χ4n) is 2.08. The number of ketones is 1. The summed E-state index contributed by atoms with van der Waals surface area (Å²) < 4.78 is 0. The maximum absolute atomic E-state index is 11.8. The normalized spacial score (nSPS) is 10.3. The van der Waals surface area contributed by atoms with E-state index in [4.69, 9.17) is 5.11 Å². The predicted octanol–water partition coefficient (Wildman–Crippen LogP) is 2.71. The van der Waals surface area contributed by atoms with Gasteiger partial charge in [0.1, 0.15) is 0 Å². The Morgan fingerprint density at radius 2 is 1.62 bits per heavy atom. The number of hydrogen-bond acceptors (Lipinski definition) is 3. The van der Waals surface area contributed by atoms with Gasteiger partial charge in [0, 0.05) is 31.6 Å². The molecule has 0 bridgehead atoms. The van der Waals surface area contributed by atoms with Crippen molar-refractivity contribution in [3.63, 3.8) is 0 Å². The third-order valence-electron chi connectivity index (χ3n) is 3.31. The molecule has 1 rings (SSSR count). The molecule has 0 fully saturated rings. The average Bonchev–Trinajstić information content (AvgIpc) is 2.51. The van der Waals surface area contributed by atoms with Crippen molar-refractivity contribution in [1.29, 1.82) is 0 Å². The molecular weight excluding hydrogens is 266 g/mol. The standard InChI is InChI=1S/C17H25NO3/c19-14-7-2-1-6-13-18-17(21)12-8-11-16(20)15-9-4-3-5-10-15/h3-5,9-10,19H,1-2,6-8,11-14H2,(H,18,21). The Hall–Kier alpha value is -1.68. The van der Waals surface area contributed by atoms with Crippen LogP contribution < -0.4 is 5.32 Å². The molecule has 0 radical (unpaired) electrons. The first-order chi connectivity index (χ1) is 10.2. The van der Waals surface area contributed by atoms with E-state index in [1.54, 1.807) is 12.1 Å². The second-order valence-corrected chi connectivity index (χ2v) is 5.13. The topological polar surface area (TPSA) is 66.4 Å². The van der Waals surface area contributed by atoms with Crippen LogP contribution in [0.25, 0.3) is 0 Å². The van der Waals surface area contributed by atoms with E-state index in [-0.39, 0.29) is 18.3 Å². The Balaban J connectivity index is 2.04. The lowest BCUT2D eigenvalue weighted by molar-refractivity contribution is -0.121. The number of aliphatic hydroxyl groups is 1.